The van der Waals surface area contributed by atoms with E-state index in [1.54, 1.807) is 0 Å². The Bertz CT molecular complexity index is 977. The molecule has 0 aromatic rings. The van der Waals surface area contributed by atoms with Crippen molar-refractivity contribution >= 4 is 5.97 Å². The van der Waals surface area contributed by atoms with E-state index in [4.69, 9.17) is 18.9 Å². The summed E-state index contributed by atoms with van der Waals surface area (Å²) < 4.78 is 22.9. The molecule has 1 fully saturated rings. The average molecular weight is 897 g/mol. The van der Waals surface area contributed by atoms with E-state index in [2.05, 4.69) is 26.0 Å². The summed E-state index contributed by atoms with van der Waals surface area (Å²) in [5.41, 5.74) is 0. The molecule has 0 aromatic heterocycles. The van der Waals surface area contributed by atoms with Crippen molar-refractivity contribution < 1.29 is 44.2 Å². The number of carbonyl (C=O) groups excluding carboxylic acids is 1. The summed E-state index contributed by atoms with van der Waals surface area (Å²) in [5, 5.41) is 40.3. The van der Waals surface area contributed by atoms with Crippen LogP contribution < -0.4 is 0 Å². The van der Waals surface area contributed by atoms with Gasteiger partial charge in [0, 0.05) is 13.0 Å². The minimum Gasteiger partial charge on any atom is -0.457 e. The Balaban J connectivity index is 2.14. The fourth-order valence-electron chi connectivity index (χ4n) is 8.67. The number of carbonyl (C=O) groups is 1. The number of hydrogen-bond donors (Lipinski definition) is 4. The Morgan fingerprint density at radius 1 is 0.492 bits per heavy atom. The predicted molar refractivity (Wildman–Crippen MR) is 261 cm³/mol. The maximum Gasteiger partial charge on any atom is 0.306 e. The van der Waals surface area contributed by atoms with E-state index in [9.17, 15) is 25.2 Å². The summed E-state index contributed by atoms with van der Waals surface area (Å²) in [7, 11) is 0. The van der Waals surface area contributed by atoms with Gasteiger partial charge in [0.2, 0.25) is 0 Å². The number of hydrogen-bond acceptors (Lipinski definition) is 9. The van der Waals surface area contributed by atoms with Gasteiger partial charge in [0.1, 0.15) is 30.5 Å². The van der Waals surface area contributed by atoms with Crippen LogP contribution in [0.15, 0.2) is 12.2 Å². The second kappa shape index (κ2) is 46.1. The van der Waals surface area contributed by atoms with E-state index in [0.717, 1.165) is 44.9 Å². The van der Waals surface area contributed by atoms with Crippen molar-refractivity contribution in [2.45, 2.75) is 301 Å². The molecule has 6 atom stereocenters. The number of aliphatic hydroxyl groups is 4. The van der Waals surface area contributed by atoms with Crippen molar-refractivity contribution in [1.82, 2.24) is 0 Å². The highest BCUT2D eigenvalue weighted by molar-refractivity contribution is 5.69. The highest BCUT2D eigenvalue weighted by Crippen LogP contribution is 2.23. The number of ether oxygens (including phenoxy) is 4. The Morgan fingerprint density at radius 2 is 0.873 bits per heavy atom. The van der Waals surface area contributed by atoms with E-state index in [-0.39, 0.29) is 19.2 Å². The number of allylic oxidation sites excluding steroid dienone is 2. The van der Waals surface area contributed by atoms with Crippen molar-refractivity contribution in [1.29, 1.82) is 0 Å². The van der Waals surface area contributed by atoms with E-state index in [1.807, 2.05) is 0 Å². The Labute approximate surface area is 388 Å². The van der Waals surface area contributed by atoms with Crippen LogP contribution in [0.4, 0.5) is 0 Å². The third-order valence-electron chi connectivity index (χ3n) is 12.9. The fourth-order valence-corrected chi connectivity index (χ4v) is 8.67. The zero-order valence-corrected chi connectivity index (χ0v) is 41.4. The SMILES string of the molecule is CCCCCCCCC/C=C\CCCCCCCC(=O)OC(COCCCCCCCCCCCCCCCCCCCCCCCCCC)COC1OC(CO)C(O)C(O)C1O. The zero-order chi connectivity index (χ0) is 45.7. The Kier molecular flexibility index (Phi) is 43.8. The molecular formula is C54H104O9. The molecule has 9 nitrogen and oxygen atoms in total. The first kappa shape index (κ1) is 59.9. The van der Waals surface area contributed by atoms with Gasteiger partial charge < -0.3 is 39.4 Å². The van der Waals surface area contributed by atoms with E-state index >= 15 is 0 Å². The fraction of sp³-hybridized carbons (Fsp3) is 0.944. The van der Waals surface area contributed by atoms with Crippen molar-refractivity contribution in [3.8, 4) is 0 Å². The van der Waals surface area contributed by atoms with Gasteiger partial charge in [-0.2, -0.15) is 0 Å². The lowest BCUT2D eigenvalue weighted by Crippen LogP contribution is -2.59. The van der Waals surface area contributed by atoms with Gasteiger partial charge in [-0.15, -0.1) is 0 Å². The quantitative estimate of drug-likeness (QED) is 0.0267. The maximum absolute atomic E-state index is 12.8. The van der Waals surface area contributed by atoms with Crippen LogP contribution in [0.25, 0.3) is 0 Å². The van der Waals surface area contributed by atoms with Crippen LogP contribution in [-0.4, -0.2) is 89.6 Å². The minimum absolute atomic E-state index is 0.111. The van der Waals surface area contributed by atoms with Crippen molar-refractivity contribution in [2.24, 2.45) is 0 Å². The Hall–Kier alpha value is -1.07. The molecule has 1 aliphatic rings. The summed E-state index contributed by atoms with van der Waals surface area (Å²) in [6.07, 6.45) is 46.9. The largest absolute Gasteiger partial charge is 0.457 e. The van der Waals surface area contributed by atoms with Crippen LogP contribution >= 0.6 is 0 Å². The molecule has 9 heteroatoms. The molecule has 0 radical (unpaired) electrons. The van der Waals surface area contributed by atoms with Crippen LogP contribution in [0.3, 0.4) is 0 Å². The first-order valence-electron chi connectivity index (χ1n) is 27.3. The molecule has 0 saturated carbocycles. The molecule has 0 aliphatic carbocycles. The topological polar surface area (TPSA) is 135 Å². The minimum atomic E-state index is -1.53. The molecule has 1 heterocycles. The van der Waals surface area contributed by atoms with Gasteiger partial charge in [0.15, 0.2) is 6.29 Å². The molecule has 0 aromatic carbocycles. The van der Waals surface area contributed by atoms with Crippen molar-refractivity contribution in [3.63, 3.8) is 0 Å². The third kappa shape index (κ3) is 36.7. The van der Waals surface area contributed by atoms with Gasteiger partial charge in [0.25, 0.3) is 0 Å². The number of esters is 1. The Morgan fingerprint density at radius 3 is 1.29 bits per heavy atom. The third-order valence-corrected chi connectivity index (χ3v) is 12.9. The first-order chi connectivity index (χ1) is 30.9. The van der Waals surface area contributed by atoms with Crippen LogP contribution in [0.5, 0.6) is 0 Å². The van der Waals surface area contributed by atoms with Gasteiger partial charge >= 0.3 is 5.97 Å². The van der Waals surface area contributed by atoms with Crippen LogP contribution in [0.2, 0.25) is 0 Å². The molecule has 374 valence electrons. The van der Waals surface area contributed by atoms with Gasteiger partial charge in [-0.05, 0) is 38.5 Å². The summed E-state index contributed by atoms with van der Waals surface area (Å²) in [6.45, 7) is 4.61. The average Bonchev–Trinajstić information content (AvgIpc) is 3.28. The second-order valence-corrected chi connectivity index (χ2v) is 19.0. The molecule has 1 saturated heterocycles. The smallest absolute Gasteiger partial charge is 0.306 e. The summed E-state index contributed by atoms with van der Waals surface area (Å²) in [4.78, 5) is 12.8. The van der Waals surface area contributed by atoms with E-state index < -0.39 is 43.4 Å². The summed E-state index contributed by atoms with van der Waals surface area (Å²) in [6, 6.07) is 0. The number of unbranched alkanes of at least 4 members (excludes halogenated alkanes) is 35. The predicted octanol–water partition coefficient (Wildman–Crippen LogP) is 13.5. The molecule has 1 rings (SSSR count). The number of aliphatic hydroxyl groups excluding tert-OH is 4. The maximum atomic E-state index is 12.8. The molecular weight excluding hydrogens is 793 g/mol. The van der Waals surface area contributed by atoms with Gasteiger partial charge in [0.05, 0.1) is 19.8 Å². The van der Waals surface area contributed by atoms with Gasteiger partial charge in [-0.1, -0.05) is 231 Å². The monoisotopic (exact) mass is 897 g/mol. The molecule has 1 aliphatic heterocycles. The molecule has 4 N–H and O–H groups in total. The summed E-state index contributed by atoms with van der Waals surface area (Å²) in [5.74, 6) is -0.316. The highest BCUT2D eigenvalue weighted by atomic mass is 16.7. The molecule has 0 spiro atoms. The zero-order valence-electron chi connectivity index (χ0n) is 41.4. The van der Waals surface area contributed by atoms with Crippen molar-refractivity contribution in [2.75, 3.05) is 26.4 Å². The molecule has 0 amide bonds. The van der Waals surface area contributed by atoms with E-state index in [0.29, 0.717) is 13.0 Å². The lowest BCUT2D eigenvalue weighted by atomic mass is 9.99. The van der Waals surface area contributed by atoms with Crippen molar-refractivity contribution in [3.05, 3.63) is 12.2 Å². The number of rotatable bonds is 48. The second-order valence-electron chi connectivity index (χ2n) is 19.0. The van der Waals surface area contributed by atoms with Crippen LogP contribution in [-0.2, 0) is 23.7 Å². The van der Waals surface area contributed by atoms with Crippen LogP contribution in [0, 0.1) is 0 Å². The lowest BCUT2D eigenvalue weighted by Gasteiger charge is -2.39. The van der Waals surface area contributed by atoms with Crippen LogP contribution in [0.1, 0.15) is 264 Å². The van der Waals surface area contributed by atoms with Gasteiger partial charge in [-0.3, -0.25) is 4.79 Å². The molecule has 6 unspecified atom stereocenters. The molecule has 63 heavy (non-hydrogen) atoms. The summed E-state index contributed by atoms with van der Waals surface area (Å²) >= 11 is 0. The highest BCUT2D eigenvalue weighted by Gasteiger charge is 2.44. The standard InChI is InChI=1S/C54H104O9/c1-3-5-7-9-11-13-15-17-19-21-22-23-24-25-26-27-28-30-32-34-36-38-40-42-44-60-46-48(47-61-54-53(59)52(58)51(57)49(45-55)63-54)62-50(56)43-41-39-37-35-33-31-29-20-18-16-14-12-10-8-6-4-2/h20,29,48-49,51-55,57-59H,3-19,21-28,30-47H2,1-2H3/b29-20-. The van der Waals surface area contributed by atoms with E-state index in [1.165, 1.54) is 199 Å². The normalized spacial score (nSPS) is 19.6. The lowest BCUT2D eigenvalue weighted by molar-refractivity contribution is -0.305. The van der Waals surface area contributed by atoms with Gasteiger partial charge in [-0.25, -0.2) is 0 Å². The molecule has 0 bridgehead atoms. The first-order valence-corrected chi connectivity index (χ1v) is 27.3.